The lowest BCUT2D eigenvalue weighted by Crippen LogP contribution is -2.20. The summed E-state index contributed by atoms with van der Waals surface area (Å²) < 4.78 is 5.56. The van der Waals surface area contributed by atoms with Crippen LogP contribution in [0.15, 0.2) is 78.4 Å². The van der Waals surface area contributed by atoms with Crippen molar-refractivity contribution in [1.82, 2.24) is 9.97 Å². The molecule has 0 bridgehead atoms. The number of hydrogen-bond acceptors (Lipinski definition) is 5. The molecular formula is C23H19N3O2S. The zero-order valence-corrected chi connectivity index (χ0v) is 16.6. The van der Waals surface area contributed by atoms with Gasteiger partial charge in [-0.3, -0.25) is 9.78 Å². The minimum Gasteiger partial charge on any atom is -0.484 e. The first-order chi connectivity index (χ1) is 14.2. The highest BCUT2D eigenvalue weighted by Crippen LogP contribution is 2.29. The molecule has 0 unspecified atom stereocenters. The first-order valence-corrected chi connectivity index (χ1v) is 10.0. The lowest BCUT2D eigenvalue weighted by Gasteiger charge is -2.09. The van der Waals surface area contributed by atoms with E-state index in [0.29, 0.717) is 11.4 Å². The third-order valence-corrected chi connectivity index (χ3v) is 5.12. The van der Waals surface area contributed by atoms with E-state index in [4.69, 9.17) is 9.72 Å². The van der Waals surface area contributed by atoms with Gasteiger partial charge in [-0.25, -0.2) is 4.98 Å². The second kappa shape index (κ2) is 8.67. The van der Waals surface area contributed by atoms with Crippen LogP contribution in [0.4, 0.5) is 5.69 Å². The number of carbonyl (C=O) groups excluding carboxylic acids is 1. The zero-order chi connectivity index (χ0) is 20.1. The molecule has 0 saturated heterocycles. The molecule has 2 aromatic heterocycles. The smallest absolute Gasteiger partial charge is 0.262 e. The lowest BCUT2D eigenvalue weighted by atomic mass is 10.1. The number of aryl methyl sites for hydroxylation is 1. The number of hydrogen-bond donors (Lipinski definition) is 1. The van der Waals surface area contributed by atoms with E-state index in [1.807, 2.05) is 73.0 Å². The van der Waals surface area contributed by atoms with Gasteiger partial charge >= 0.3 is 0 Å². The number of nitrogens with one attached hydrogen (secondary N) is 1. The Hall–Kier alpha value is -3.51. The van der Waals surface area contributed by atoms with Gasteiger partial charge in [-0.15, -0.1) is 11.3 Å². The SMILES string of the molecule is Cc1cccc(OCC(=O)Nc2cccc(-c3csc(-c4ccncc4)n3)c2)c1. The third kappa shape index (κ3) is 4.86. The largest absolute Gasteiger partial charge is 0.484 e. The minimum atomic E-state index is -0.209. The quantitative estimate of drug-likeness (QED) is 0.482. The molecule has 4 aromatic rings. The fraction of sp³-hybridized carbons (Fsp3) is 0.0870. The van der Waals surface area contributed by atoms with Crippen LogP contribution in [-0.4, -0.2) is 22.5 Å². The van der Waals surface area contributed by atoms with E-state index in [-0.39, 0.29) is 12.5 Å². The predicted molar refractivity (Wildman–Crippen MR) is 116 cm³/mol. The molecule has 0 saturated carbocycles. The average Bonchev–Trinajstić information content (AvgIpc) is 3.24. The molecule has 6 heteroatoms. The maximum absolute atomic E-state index is 12.3. The molecule has 4 rings (SSSR count). The normalized spacial score (nSPS) is 10.5. The first-order valence-electron chi connectivity index (χ1n) is 9.13. The van der Waals surface area contributed by atoms with E-state index in [1.165, 1.54) is 0 Å². The van der Waals surface area contributed by atoms with E-state index >= 15 is 0 Å². The Bertz CT molecular complexity index is 1130. The number of thiazole rings is 1. The minimum absolute atomic E-state index is 0.0451. The van der Waals surface area contributed by atoms with Crippen molar-refractivity contribution in [3.63, 3.8) is 0 Å². The van der Waals surface area contributed by atoms with E-state index in [2.05, 4.69) is 10.3 Å². The Balaban J connectivity index is 1.42. The highest BCUT2D eigenvalue weighted by Gasteiger charge is 2.09. The number of aromatic nitrogens is 2. The van der Waals surface area contributed by atoms with Crippen molar-refractivity contribution >= 4 is 22.9 Å². The van der Waals surface area contributed by atoms with Crippen LogP contribution in [-0.2, 0) is 4.79 Å². The fourth-order valence-corrected chi connectivity index (χ4v) is 3.68. The second-order valence-electron chi connectivity index (χ2n) is 6.51. The number of pyridine rings is 1. The molecule has 1 N–H and O–H groups in total. The standard InChI is InChI=1S/C23H19N3O2S/c1-16-4-2-7-20(12-16)28-14-22(27)25-19-6-3-5-18(13-19)21-15-29-23(26-21)17-8-10-24-11-9-17/h2-13,15H,14H2,1H3,(H,25,27). The van der Waals surface area contributed by atoms with Crippen LogP contribution in [0, 0.1) is 6.92 Å². The van der Waals surface area contributed by atoms with Gasteiger partial charge in [0, 0.05) is 34.6 Å². The van der Waals surface area contributed by atoms with Crippen LogP contribution in [0.2, 0.25) is 0 Å². The Morgan fingerprint density at radius 2 is 1.86 bits per heavy atom. The second-order valence-corrected chi connectivity index (χ2v) is 7.37. The summed E-state index contributed by atoms with van der Waals surface area (Å²) in [5, 5.41) is 5.82. The van der Waals surface area contributed by atoms with Crippen molar-refractivity contribution in [2.24, 2.45) is 0 Å². The van der Waals surface area contributed by atoms with Gasteiger partial charge in [-0.05, 0) is 48.9 Å². The molecule has 0 aliphatic carbocycles. The van der Waals surface area contributed by atoms with Crippen LogP contribution in [0.25, 0.3) is 21.8 Å². The van der Waals surface area contributed by atoms with Crippen molar-refractivity contribution in [3.8, 4) is 27.6 Å². The van der Waals surface area contributed by atoms with Crippen molar-refractivity contribution in [2.45, 2.75) is 6.92 Å². The Kier molecular flexibility index (Phi) is 5.63. The molecule has 0 aliphatic heterocycles. The molecule has 0 atom stereocenters. The fourth-order valence-electron chi connectivity index (χ4n) is 2.84. The molecule has 29 heavy (non-hydrogen) atoms. The van der Waals surface area contributed by atoms with Gasteiger partial charge in [0.25, 0.3) is 5.91 Å². The average molecular weight is 401 g/mol. The van der Waals surface area contributed by atoms with E-state index in [9.17, 15) is 4.79 Å². The number of ether oxygens (including phenoxy) is 1. The Labute approximate surface area is 173 Å². The maximum atomic E-state index is 12.3. The monoisotopic (exact) mass is 401 g/mol. The summed E-state index contributed by atoms with van der Waals surface area (Å²) in [6.07, 6.45) is 3.51. The molecular weight excluding hydrogens is 382 g/mol. The Morgan fingerprint density at radius 1 is 1.03 bits per heavy atom. The molecule has 2 aromatic carbocycles. The molecule has 5 nitrogen and oxygen atoms in total. The number of anilines is 1. The van der Waals surface area contributed by atoms with Crippen molar-refractivity contribution in [3.05, 3.63) is 84.0 Å². The molecule has 0 radical (unpaired) electrons. The predicted octanol–water partition coefficient (Wildman–Crippen LogP) is 5.20. The van der Waals surface area contributed by atoms with Gasteiger partial charge in [-0.1, -0.05) is 24.3 Å². The van der Waals surface area contributed by atoms with Gasteiger partial charge in [0.2, 0.25) is 0 Å². The summed E-state index contributed by atoms with van der Waals surface area (Å²) in [6.45, 7) is 1.94. The summed E-state index contributed by atoms with van der Waals surface area (Å²) in [7, 11) is 0. The summed E-state index contributed by atoms with van der Waals surface area (Å²) in [5.41, 5.74) is 4.64. The van der Waals surface area contributed by atoms with Gasteiger partial charge in [0.1, 0.15) is 10.8 Å². The van der Waals surface area contributed by atoms with Crippen LogP contribution in [0.3, 0.4) is 0 Å². The van der Waals surface area contributed by atoms with Crippen molar-refractivity contribution < 1.29 is 9.53 Å². The summed E-state index contributed by atoms with van der Waals surface area (Å²) in [5.74, 6) is 0.472. The lowest BCUT2D eigenvalue weighted by molar-refractivity contribution is -0.118. The van der Waals surface area contributed by atoms with Crippen LogP contribution in [0.1, 0.15) is 5.56 Å². The molecule has 144 valence electrons. The van der Waals surface area contributed by atoms with Crippen molar-refractivity contribution in [1.29, 1.82) is 0 Å². The number of carbonyl (C=O) groups is 1. The van der Waals surface area contributed by atoms with Gasteiger partial charge in [0.15, 0.2) is 6.61 Å². The maximum Gasteiger partial charge on any atom is 0.262 e. The molecule has 0 fully saturated rings. The first kappa shape index (κ1) is 18.8. The van der Waals surface area contributed by atoms with Gasteiger partial charge in [-0.2, -0.15) is 0 Å². The number of amides is 1. The molecule has 1 amide bonds. The van der Waals surface area contributed by atoms with Crippen LogP contribution < -0.4 is 10.1 Å². The van der Waals surface area contributed by atoms with Crippen LogP contribution >= 0.6 is 11.3 Å². The summed E-state index contributed by atoms with van der Waals surface area (Å²) in [4.78, 5) is 21.0. The highest BCUT2D eigenvalue weighted by molar-refractivity contribution is 7.13. The molecule has 0 spiro atoms. The van der Waals surface area contributed by atoms with Crippen LogP contribution in [0.5, 0.6) is 5.75 Å². The number of rotatable bonds is 6. The topological polar surface area (TPSA) is 64.1 Å². The van der Waals surface area contributed by atoms with Gasteiger partial charge < -0.3 is 10.1 Å². The van der Waals surface area contributed by atoms with E-state index < -0.39 is 0 Å². The molecule has 0 aliphatic rings. The summed E-state index contributed by atoms with van der Waals surface area (Å²) in [6, 6.07) is 19.1. The highest BCUT2D eigenvalue weighted by atomic mass is 32.1. The number of nitrogens with zero attached hydrogens (tertiary/aromatic N) is 2. The number of benzene rings is 2. The van der Waals surface area contributed by atoms with Crippen molar-refractivity contribution in [2.75, 3.05) is 11.9 Å². The zero-order valence-electron chi connectivity index (χ0n) is 15.8. The summed E-state index contributed by atoms with van der Waals surface area (Å²) >= 11 is 1.58. The third-order valence-electron chi connectivity index (χ3n) is 4.23. The van der Waals surface area contributed by atoms with E-state index in [1.54, 1.807) is 23.7 Å². The Morgan fingerprint density at radius 3 is 2.69 bits per heavy atom. The van der Waals surface area contributed by atoms with E-state index in [0.717, 1.165) is 27.4 Å². The molecule has 2 heterocycles. The van der Waals surface area contributed by atoms with Gasteiger partial charge in [0.05, 0.1) is 5.69 Å².